The van der Waals surface area contributed by atoms with E-state index >= 15 is 0 Å². The third kappa shape index (κ3) is 3.87. The van der Waals surface area contributed by atoms with Gasteiger partial charge in [-0.1, -0.05) is 43.3 Å². The SMILES string of the molecule is CC1CCN(CC(O)CN2C(=O)NC(C)(c3ccc4ccccc4c3)C2=O)CC1. The maximum atomic E-state index is 13.2. The topological polar surface area (TPSA) is 72.9 Å². The first-order valence-corrected chi connectivity index (χ1v) is 10.4. The summed E-state index contributed by atoms with van der Waals surface area (Å²) >= 11 is 0. The lowest BCUT2D eigenvalue weighted by molar-refractivity contribution is -0.132. The van der Waals surface area contributed by atoms with Crippen molar-refractivity contribution in [3.63, 3.8) is 0 Å². The van der Waals surface area contributed by atoms with Gasteiger partial charge in [-0.25, -0.2) is 4.79 Å². The summed E-state index contributed by atoms with van der Waals surface area (Å²) in [6, 6.07) is 13.3. The quantitative estimate of drug-likeness (QED) is 0.764. The molecule has 0 bridgehead atoms. The molecule has 2 aromatic rings. The first-order chi connectivity index (χ1) is 13.9. The number of rotatable bonds is 5. The Kier molecular flexibility index (Phi) is 5.32. The highest BCUT2D eigenvalue weighted by atomic mass is 16.3. The van der Waals surface area contributed by atoms with Crippen molar-refractivity contribution in [3.05, 3.63) is 48.0 Å². The summed E-state index contributed by atoms with van der Waals surface area (Å²) < 4.78 is 0. The molecule has 2 heterocycles. The summed E-state index contributed by atoms with van der Waals surface area (Å²) in [6.07, 6.45) is 1.49. The normalized spacial score (nSPS) is 24.9. The van der Waals surface area contributed by atoms with E-state index < -0.39 is 17.7 Å². The average molecular weight is 396 g/mol. The van der Waals surface area contributed by atoms with E-state index in [-0.39, 0.29) is 12.5 Å². The number of β-amino-alcohol motifs (C(OH)–C–C–N with tert-alkyl or cyclic N) is 1. The number of piperidine rings is 1. The highest BCUT2D eigenvalue weighted by Gasteiger charge is 2.49. The second-order valence-corrected chi connectivity index (χ2v) is 8.67. The second kappa shape index (κ2) is 7.76. The van der Waals surface area contributed by atoms with Crippen molar-refractivity contribution in [2.75, 3.05) is 26.2 Å². The van der Waals surface area contributed by atoms with Crippen LogP contribution in [-0.2, 0) is 10.3 Å². The molecule has 0 radical (unpaired) electrons. The van der Waals surface area contributed by atoms with Crippen LogP contribution in [0.4, 0.5) is 4.79 Å². The van der Waals surface area contributed by atoms with Crippen LogP contribution in [0.25, 0.3) is 10.8 Å². The Hall–Kier alpha value is -2.44. The van der Waals surface area contributed by atoms with Crippen molar-refractivity contribution < 1.29 is 14.7 Å². The molecule has 2 N–H and O–H groups in total. The first-order valence-electron chi connectivity index (χ1n) is 10.4. The van der Waals surface area contributed by atoms with Gasteiger partial charge in [0.1, 0.15) is 5.54 Å². The van der Waals surface area contributed by atoms with Gasteiger partial charge in [0, 0.05) is 6.54 Å². The molecular weight excluding hydrogens is 366 g/mol. The highest BCUT2D eigenvalue weighted by molar-refractivity contribution is 6.07. The van der Waals surface area contributed by atoms with Gasteiger partial charge in [0.2, 0.25) is 0 Å². The van der Waals surface area contributed by atoms with Gasteiger partial charge < -0.3 is 15.3 Å². The summed E-state index contributed by atoms with van der Waals surface area (Å²) in [5.74, 6) is 0.404. The number of benzene rings is 2. The molecule has 0 spiro atoms. The van der Waals surface area contributed by atoms with E-state index in [1.54, 1.807) is 6.92 Å². The van der Waals surface area contributed by atoms with Gasteiger partial charge in [0.25, 0.3) is 5.91 Å². The van der Waals surface area contributed by atoms with Gasteiger partial charge >= 0.3 is 6.03 Å². The number of carbonyl (C=O) groups excluding carboxylic acids is 2. The number of hydrogen-bond donors (Lipinski definition) is 2. The fourth-order valence-electron chi connectivity index (χ4n) is 4.37. The minimum absolute atomic E-state index is 0.0138. The summed E-state index contributed by atoms with van der Waals surface area (Å²) in [6.45, 7) is 6.38. The number of fused-ring (bicyclic) bond motifs is 1. The molecule has 2 aliphatic heterocycles. The predicted molar refractivity (Wildman–Crippen MR) is 112 cm³/mol. The fourth-order valence-corrected chi connectivity index (χ4v) is 4.37. The zero-order chi connectivity index (χ0) is 20.6. The van der Waals surface area contributed by atoms with Crippen LogP contribution in [0.5, 0.6) is 0 Å². The number of carbonyl (C=O) groups is 2. The van der Waals surface area contributed by atoms with E-state index in [1.807, 2.05) is 42.5 Å². The summed E-state index contributed by atoms with van der Waals surface area (Å²) in [7, 11) is 0. The van der Waals surface area contributed by atoms with Crippen molar-refractivity contribution in [1.82, 2.24) is 15.1 Å². The zero-order valence-corrected chi connectivity index (χ0v) is 17.1. The van der Waals surface area contributed by atoms with E-state index in [2.05, 4.69) is 17.1 Å². The summed E-state index contributed by atoms with van der Waals surface area (Å²) in [4.78, 5) is 29.1. The van der Waals surface area contributed by atoms with E-state index in [4.69, 9.17) is 0 Å². The molecule has 6 nitrogen and oxygen atoms in total. The van der Waals surface area contributed by atoms with Gasteiger partial charge in [-0.05, 0) is 61.2 Å². The van der Waals surface area contributed by atoms with Gasteiger partial charge in [-0.2, -0.15) is 0 Å². The predicted octanol–water partition coefficient (Wildman–Crippen LogP) is 2.70. The number of amides is 3. The van der Waals surface area contributed by atoms with Crippen LogP contribution >= 0.6 is 0 Å². The number of aliphatic hydroxyl groups excluding tert-OH is 1. The van der Waals surface area contributed by atoms with Crippen molar-refractivity contribution in [2.24, 2.45) is 5.92 Å². The van der Waals surface area contributed by atoms with Gasteiger partial charge in [0.05, 0.1) is 12.6 Å². The van der Waals surface area contributed by atoms with E-state index in [0.29, 0.717) is 6.54 Å². The maximum Gasteiger partial charge on any atom is 0.325 e. The van der Waals surface area contributed by atoms with Crippen LogP contribution in [-0.4, -0.2) is 59.1 Å². The number of nitrogens with zero attached hydrogens (tertiary/aromatic N) is 2. The van der Waals surface area contributed by atoms with Crippen molar-refractivity contribution in [3.8, 4) is 0 Å². The monoisotopic (exact) mass is 395 g/mol. The van der Waals surface area contributed by atoms with Crippen LogP contribution < -0.4 is 5.32 Å². The minimum Gasteiger partial charge on any atom is -0.390 e. The Bertz CT molecular complexity index is 922. The lowest BCUT2D eigenvalue weighted by Gasteiger charge is -2.32. The number of nitrogens with one attached hydrogen (secondary N) is 1. The van der Waals surface area contributed by atoms with Crippen LogP contribution in [0, 0.1) is 5.92 Å². The van der Waals surface area contributed by atoms with Crippen LogP contribution in [0.2, 0.25) is 0 Å². The Morgan fingerprint density at radius 3 is 2.52 bits per heavy atom. The fraction of sp³-hybridized carbons (Fsp3) is 0.478. The largest absolute Gasteiger partial charge is 0.390 e. The van der Waals surface area contributed by atoms with E-state index in [0.717, 1.165) is 53.1 Å². The molecule has 0 aromatic heterocycles. The molecule has 0 aliphatic carbocycles. The third-order valence-electron chi connectivity index (χ3n) is 6.34. The average Bonchev–Trinajstić information content (AvgIpc) is 2.93. The highest BCUT2D eigenvalue weighted by Crippen LogP contribution is 2.31. The molecule has 3 amide bonds. The molecule has 4 rings (SSSR count). The van der Waals surface area contributed by atoms with E-state index in [1.165, 1.54) is 0 Å². The number of imide groups is 1. The summed E-state index contributed by atoms with van der Waals surface area (Å²) in [5.41, 5.74) is -0.377. The molecule has 154 valence electrons. The van der Waals surface area contributed by atoms with Crippen molar-refractivity contribution in [1.29, 1.82) is 0 Å². The van der Waals surface area contributed by atoms with Crippen LogP contribution in [0.3, 0.4) is 0 Å². The lowest BCUT2D eigenvalue weighted by Crippen LogP contribution is -2.45. The molecule has 2 aromatic carbocycles. The number of likely N-dealkylation sites (tertiary alicyclic amines) is 1. The standard InChI is InChI=1S/C23H29N3O3/c1-16-9-11-25(12-10-16)14-20(27)15-26-21(28)23(2,24-22(26)29)19-8-7-17-5-3-4-6-18(17)13-19/h3-8,13,16,20,27H,9-12,14-15H2,1-2H3,(H,24,29). The molecule has 2 aliphatic rings. The zero-order valence-electron chi connectivity index (χ0n) is 17.1. The molecular formula is C23H29N3O3. The number of hydrogen-bond acceptors (Lipinski definition) is 4. The molecule has 2 atom stereocenters. The third-order valence-corrected chi connectivity index (χ3v) is 6.34. The smallest absolute Gasteiger partial charge is 0.325 e. The Morgan fingerprint density at radius 2 is 1.79 bits per heavy atom. The Balaban J connectivity index is 1.47. The summed E-state index contributed by atoms with van der Waals surface area (Å²) in [5, 5.41) is 15.5. The first kappa shape index (κ1) is 19.9. The molecule has 2 fully saturated rings. The molecule has 0 saturated carbocycles. The van der Waals surface area contributed by atoms with Crippen molar-refractivity contribution in [2.45, 2.75) is 38.3 Å². The van der Waals surface area contributed by atoms with Crippen molar-refractivity contribution >= 4 is 22.7 Å². The van der Waals surface area contributed by atoms with Gasteiger partial charge in [0.15, 0.2) is 0 Å². The number of urea groups is 1. The number of aliphatic hydroxyl groups is 1. The second-order valence-electron chi connectivity index (χ2n) is 8.67. The lowest BCUT2D eigenvalue weighted by atomic mass is 9.90. The molecule has 2 saturated heterocycles. The molecule has 29 heavy (non-hydrogen) atoms. The van der Waals surface area contributed by atoms with Crippen LogP contribution in [0.1, 0.15) is 32.3 Å². The molecule has 6 heteroatoms. The van der Waals surface area contributed by atoms with E-state index in [9.17, 15) is 14.7 Å². The van der Waals surface area contributed by atoms with Gasteiger partial charge in [-0.15, -0.1) is 0 Å². The van der Waals surface area contributed by atoms with Crippen LogP contribution in [0.15, 0.2) is 42.5 Å². The molecule has 2 unspecified atom stereocenters. The van der Waals surface area contributed by atoms with Gasteiger partial charge in [-0.3, -0.25) is 9.69 Å². The minimum atomic E-state index is -1.12. The Morgan fingerprint density at radius 1 is 1.10 bits per heavy atom. The Labute approximate surface area is 171 Å². The maximum absolute atomic E-state index is 13.2.